The van der Waals surface area contributed by atoms with E-state index in [0.29, 0.717) is 0 Å². The monoisotopic (exact) mass is 1050 g/mol. The topological polar surface area (TPSA) is 24.1 Å². The summed E-state index contributed by atoms with van der Waals surface area (Å²) in [7, 11) is -0.947. The first kappa shape index (κ1) is 42.2. The molecule has 0 atom stereocenters. The smallest absolute Gasteiger partial charge is 1.00 e. The Morgan fingerprint density at radius 3 is 0.814 bits per heavy atom. The summed E-state index contributed by atoms with van der Waals surface area (Å²) < 4.78 is 0. The van der Waals surface area contributed by atoms with Gasteiger partial charge < -0.3 is 35.4 Å². The van der Waals surface area contributed by atoms with Crippen molar-refractivity contribution in [3.05, 3.63) is 146 Å². The second-order valence-electron chi connectivity index (χ2n) is 8.55. The Hall–Kier alpha value is -0.799. The number of hydrogen-bond donors (Lipinski definition) is 2. The molecule has 0 saturated carbocycles. The minimum absolute atomic E-state index is 0. The van der Waals surface area contributed by atoms with Crippen LogP contribution >= 0.6 is 39.0 Å². The van der Waals surface area contributed by atoms with Gasteiger partial charge in [0.15, 0.2) is 0 Å². The molecule has 0 aliphatic rings. The van der Waals surface area contributed by atoms with Crippen LogP contribution in [-0.4, -0.2) is 17.9 Å². The molecule has 0 aromatic heterocycles. The van der Waals surface area contributed by atoms with Crippen LogP contribution < -0.4 is 56.7 Å². The molecule has 0 spiro atoms. The van der Waals surface area contributed by atoms with Crippen molar-refractivity contribution in [1.82, 2.24) is 0 Å². The van der Waals surface area contributed by atoms with Crippen molar-refractivity contribution in [2.75, 3.05) is 28.5 Å². The molecule has 234 valence electrons. The van der Waals surface area contributed by atoms with Crippen molar-refractivity contribution >= 4 is 71.6 Å². The molecule has 0 saturated heterocycles. The summed E-state index contributed by atoms with van der Waals surface area (Å²) in [6, 6.07) is 52.1. The van der Waals surface area contributed by atoms with Crippen LogP contribution in [0.25, 0.3) is 0 Å². The predicted molar refractivity (Wildman–Crippen MR) is 178 cm³/mol. The molecule has 0 amide bonds. The van der Waals surface area contributed by atoms with Gasteiger partial charge in [-0.15, -0.1) is 23.2 Å². The van der Waals surface area contributed by atoms with E-state index in [1.165, 1.54) is 21.2 Å². The fraction of sp³-hybridized carbons (Fsp3) is 0.0909. The van der Waals surface area contributed by atoms with Crippen LogP contribution in [-0.2, 0) is 44.8 Å². The fourth-order valence-corrected chi connectivity index (χ4v) is 8.28. The molecule has 2 nitrogen and oxygen atoms in total. The molecule has 43 heavy (non-hydrogen) atoms. The average Bonchev–Trinajstić information content (AvgIpc) is 3.01. The van der Waals surface area contributed by atoms with Crippen LogP contribution in [0, 0.1) is 0 Å². The molecule has 0 aliphatic heterocycles. The molecular weight excluding hydrogens is 1020 g/mol. The number of benzene rings is 5. The maximum atomic E-state index is 4.76. The molecular formula is C33H32Au2Cl4N2P2. The van der Waals surface area contributed by atoms with Gasteiger partial charge in [-0.25, -0.2) is 0 Å². The average molecular weight is 1050 g/mol. The van der Waals surface area contributed by atoms with Crippen molar-refractivity contribution in [2.45, 2.75) is 0 Å². The predicted octanol–water partition coefficient (Wildman–Crippen LogP) is 2.12. The standard InChI is InChI=1S/C32H30N2P2.CH2Cl2.2Au.2ClH/c1-5-13-29(14-6-1)35(30-15-7-2-8-16-30)25-33-27-21-23-28(24-22-27)34-26-36(31-17-9-3-10-18-31)32-19-11-4-12-20-32;2-1-3;;;;/h1-24,33-34H,25-26H2;1H2;;;2*1H/q;;2*+1;;/p-2. The number of hydrogen-bond acceptors (Lipinski definition) is 2. The minimum Gasteiger partial charge on any atom is -1.00 e. The second kappa shape index (κ2) is 24.4. The van der Waals surface area contributed by atoms with E-state index in [4.69, 9.17) is 23.2 Å². The molecule has 10 heteroatoms. The SMILES string of the molecule is ClCCl.[Au+].[Au+].[Cl-].[Cl-].c1ccc(P(CNc2ccc(NCP(c3ccccc3)c3ccccc3)cc2)c2ccccc2)cc1. The molecule has 0 aliphatic carbocycles. The molecule has 0 heterocycles. The first-order chi connectivity index (χ1) is 19.3. The largest absolute Gasteiger partial charge is 1.00 e. The van der Waals surface area contributed by atoms with Crippen LogP contribution in [0.3, 0.4) is 0 Å². The van der Waals surface area contributed by atoms with Crippen LogP contribution in [0.5, 0.6) is 0 Å². The Kier molecular flexibility index (Phi) is 24.0. The third kappa shape index (κ3) is 14.0. The maximum Gasteiger partial charge on any atom is 1.00 e. The van der Waals surface area contributed by atoms with Crippen molar-refractivity contribution in [2.24, 2.45) is 0 Å². The van der Waals surface area contributed by atoms with Crippen molar-refractivity contribution in [3.8, 4) is 0 Å². The van der Waals surface area contributed by atoms with Gasteiger partial charge in [-0.3, -0.25) is 0 Å². The van der Waals surface area contributed by atoms with E-state index in [2.05, 4.69) is 156 Å². The Balaban J connectivity index is 0.00000242. The van der Waals surface area contributed by atoms with Crippen molar-refractivity contribution in [1.29, 1.82) is 0 Å². The van der Waals surface area contributed by atoms with Gasteiger partial charge in [0, 0.05) is 23.9 Å². The van der Waals surface area contributed by atoms with Gasteiger partial charge in [-0.05, 0) is 61.3 Å². The zero-order valence-corrected chi connectivity index (χ0v) is 32.1. The van der Waals surface area contributed by atoms with E-state index in [0.717, 1.165) is 23.9 Å². The van der Waals surface area contributed by atoms with Gasteiger partial charge in [0.05, 0.1) is 5.34 Å². The summed E-state index contributed by atoms with van der Waals surface area (Å²) in [6.45, 7) is 0. The quantitative estimate of drug-likeness (QED) is 0.128. The van der Waals surface area contributed by atoms with Crippen LogP contribution in [0.2, 0.25) is 0 Å². The number of rotatable bonds is 10. The molecule has 5 aromatic rings. The Morgan fingerprint density at radius 2 is 0.605 bits per heavy atom. The Morgan fingerprint density at radius 1 is 0.395 bits per heavy atom. The molecule has 0 unspecified atom stereocenters. The Labute approximate surface area is 312 Å². The van der Waals surface area contributed by atoms with Crippen molar-refractivity contribution < 1.29 is 69.6 Å². The fourth-order valence-electron chi connectivity index (χ4n) is 4.14. The van der Waals surface area contributed by atoms with E-state index >= 15 is 0 Å². The maximum absolute atomic E-state index is 4.76. The van der Waals surface area contributed by atoms with Gasteiger partial charge in [0.1, 0.15) is 0 Å². The van der Waals surface area contributed by atoms with Crippen molar-refractivity contribution in [3.63, 3.8) is 0 Å². The zero-order chi connectivity index (χ0) is 27.1. The van der Waals surface area contributed by atoms with Gasteiger partial charge in [0.25, 0.3) is 0 Å². The number of anilines is 2. The van der Waals surface area contributed by atoms with Gasteiger partial charge in [-0.2, -0.15) is 0 Å². The summed E-state index contributed by atoms with van der Waals surface area (Å²) in [5.74, 6) is 0. The summed E-state index contributed by atoms with van der Waals surface area (Å²) in [5.41, 5.74) is 2.29. The molecule has 2 N–H and O–H groups in total. The summed E-state index contributed by atoms with van der Waals surface area (Å²) >= 11 is 9.53. The summed E-state index contributed by atoms with van der Waals surface area (Å²) in [6.07, 6.45) is 1.81. The van der Waals surface area contributed by atoms with E-state index in [1.54, 1.807) is 0 Å². The third-order valence-corrected chi connectivity index (χ3v) is 10.7. The third-order valence-electron chi connectivity index (χ3n) is 6.04. The van der Waals surface area contributed by atoms with E-state index in [1.807, 2.05) is 0 Å². The van der Waals surface area contributed by atoms with Gasteiger partial charge in [-0.1, -0.05) is 121 Å². The zero-order valence-electron chi connectivity index (χ0n) is 23.0. The minimum atomic E-state index is -0.473. The molecule has 0 radical (unpaired) electrons. The molecule has 5 rings (SSSR count). The first-order valence-corrected chi connectivity index (χ1v) is 16.9. The molecule has 0 bridgehead atoms. The van der Waals surface area contributed by atoms with Crippen LogP contribution in [0.4, 0.5) is 11.4 Å². The summed E-state index contributed by atoms with van der Waals surface area (Å²) in [4.78, 5) is 0. The number of halogens is 4. The number of nitrogens with one attached hydrogen (secondary N) is 2. The van der Waals surface area contributed by atoms with Crippen LogP contribution in [0.1, 0.15) is 0 Å². The summed E-state index contributed by atoms with van der Waals surface area (Å²) in [5, 5.41) is 13.1. The molecule has 0 fully saturated rings. The van der Waals surface area contributed by atoms with E-state index in [-0.39, 0.29) is 74.9 Å². The van der Waals surface area contributed by atoms with Gasteiger partial charge >= 0.3 is 44.8 Å². The second-order valence-corrected chi connectivity index (χ2v) is 13.8. The van der Waals surface area contributed by atoms with Crippen LogP contribution in [0.15, 0.2) is 146 Å². The first-order valence-electron chi connectivity index (χ1n) is 12.7. The van der Waals surface area contributed by atoms with Gasteiger partial charge in [0.2, 0.25) is 0 Å². The normalized spacial score (nSPS) is 9.58. The number of alkyl halides is 2. The Bertz CT molecular complexity index is 1170. The molecule has 5 aromatic carbocycles. The van der Waals surface area contributed by atoms with E-state index < -0.39 is 15.8 Å². The van der Waals surface area contributed by atoms with E-state index in [9.17, 15) is 0 Å².